The summed E-state index contributed by atoms with van der Waals surface area (Å²) in [6.45, 7) is 2.85. The molecule has 0 spiro atoms. The van der Waals surface area contributed by atoms with Gasteiger partial charge < -0.3 is 24.3 Å². The summed E-state index contributed by atoms with van der Waals surface area (Å²) in [6.07, 6.45) is -0.472. The van der Waals surface area contributed by atoms with Gasteiger partial charge in [0.1, 0.15) is 6.61 Å². The number of fused-ring (bicyclic) bond motifs is 4. The van der Waals surface area contributed by atoms with Crippen LogP contribution in [0.25, 0.3) is 11.1 Å². The highest BCUT2D eigenvalue weighted by molar-refractivity contribution is 6.21. The van der Waals surface area contributed by atoms with E-state index >= 15 is 0 Å². The fourth-order valence-electron chi connectivity index (χ4n) is 5.01. The lowest BCUT2D eigenvalue weighted by Crippen LogP contribution is -2.33. The fraction of sp³-hybridized carbons (Fsp3) is 0.323. The summed E-state index contributed by atoms with van der Waals surface area (Å²) in [4.78, 5) is 38.0. The molecule has 2 aliphatic rings. The second kappa shape index (κ2) is 13.3. The van der Waals surface area contributed by atoms with E-state index in [1.54, 1.807) is 24.3 Å². The van der Waals surface area contributed by atoms with Crippen LogP contribution in [0, 0.1) is 0 Å². The van der Waals surface area contributed by atoms with Crippen LogP contribution in [0.3, 0.4) is 0 Å². The molecule has 9 heteroatoms. The Labute approximate surface area is 233 Å². The molecular formula is C31H32N2O7. The second-order valence-electron chi connectivity index (χ2n) is 9.40. The topological polar surface area (TPSA) is 103 Å². The molecule has 3 aromatic rings. The van der Waals surface area contributed by atoms with E-state index < -0.39 is 6.09 Å². The van der Waals surface area contributed by atoms with Gasteiger partial charge in [-0.1, -0.05) is 60.7 Å². The average Bonchev–Trinajstić information content (AvgIpc) is 3.43. The number of nitrogens with zero attached hydrogens (tertiary/aromatic N) is 1. The highest BCUT2D eigenvalue weighted by Crippen LogP contribution is 2.44. The summed E-state index contributed by atoms with van der Waals surface area (Å²) in [5, 5.41) is 2.72. The number of carbonyl (C=O) groups is 3. The predicted molar refractivity (Wildman–Crippen MR) is 147 cm³/mol. The normalized spacial score (nSPS) is 13.8. The van der Waals surface area contributed by atoms with Gasteiger partial charge in [0.15, 0.2) is 0 Å². The highest BCUT2D eigenvalue weighted by atomic mass is 16.6. The van der Waals surface area contributed by atoms with Gasteiger partial charge in [0, 0.05) is 12.5 Å². The lowest BCUT2D eigenvalue weighted by molar-refractivity contribution is 0.0116. The number of rotatable bonds is 14. The van der Waals surface area contributed by atoms with Crippen molar-refractivity contribution in [2.75, 3.05) is 59.3 Å². The molecule has 1 aliphatic heterocycles. The molecule has 5 rings (SSSR count). The molecule has 208 valence electrons. The SMILES string of the molecule is O=C(NCCOCCOCCOCCN1C(=O)c2ccccc2C1=O)OCC1c2ccccc2-c2ccccc21. The Balaban J connectivity index is 0.873. The van der Waals surface area contributed by atoms with Gasteiger partial charge in [0.25, 0.3) is 11.8 Å². The number of benzene rings is 3. The minimum absolute atomic E-state index is 0.0258. The van der Waals surface area contributed by atoms with Crippen molar-refractivity contribution in [2.24, 2.45) is 0 Å². The van der Waals surface area contributed by atoms with Gasteiger partial charge >= 0.3 is 6.09 Å². The Hall–Kier alpha value is -4.05. The molecule has 0 unspecified atom stereocenters. The molecule has 0 saturated heterocycles. The van der Waals surface area contributed by atoms with Crippen LogP contribution in [0.2, 0.25) is 0 Å². The zero-order valence-electron chi connectivity index (χ0n) is 22.2. The van der Waals surface area contributed by atoms with E-state index in [4.69, 9.17) is 18.9 Å². The monoisotopic (exact) mass is 544 g/mol. The molecule has 9 nitrogen and oxygen atoms in total. The number of amides is 3. The largest absolute Gasteiger partial charge is 0.449 e. The van der Waals surface area contributed by atoms with Gasteiger partial charge in [-0.05, 0) is 34.4 Å². The van der Waals surface area contributed by atoms with Crippen LogP contribution < -0.4 is 5.32 Å². The van der Waals surface area contributed by atoms with Gasteiger partial charge in [-0.2, -0.15) is 0 Å². The number of ether oxygens (including phenoxy) is 4. The van der Waals surface area contributed by atoms with E-state index in [0.29, 0.717) is 50.7 Å². The average molecular weight is 545 g/mol. The third kappa shape index (κ3) is 6.22. The van der Waals surface area contributed by atoms with Crippen molar-refractivity contribution in [2.45, 2.75) is 5.92 Å². The first-order valence-electron chi connectivity index (χ1n) is 13.4. The lowest BCUT2D eigenvalue weighted by Gasteiger charge is -2.14. The fourth-order valence-corrected chi connectivity index (χ4v) is 5.01. The first kappa shape index (κ1) is 27.5. The Morgan fingerprint density at radius 3 is 1.70 bits per heavy atom. The molecule has 1 heterocycles. The Kier molecular flexibility index (Phi) is 9.18. The number of alkyl carbamates (subject to hydrolysis) is 1. The van der Waals surface area contributed by atoms with E-state index in [0.717, 1.165) is 0 Å². The molecule has 3 amide bonds. The van der Waals surface area contributed by atoms with E-state index in [1.807, 2.05) is 24.3 Å². The molecule has 1 N–H and O–H groups in total. The standard InChI is InChI=1S/C31H32N2O7/c34-29-26-11-5-6-12-27(26)30(35)33(29)14-16-38-18-20-39-19-17-37-15-13-32-31(36)40-21-28-24-9-3-1-7-22(24)23-8-2-4-10-25(23)28/h1-12,28H,13-21H2,(H,32,36). The summed E-state index contributed by atoms with van der Waals surface area (Å²) >= 11 is 0. The molecule has 0 bridgehead atoms. The second-order valence-corrected chi connectivity index (χ2v) is 9.40. The van der Waals surface area contributed by atoms with Crippen molar-refractivity contribution in [1.29, 1.82) is 0 Å². The van der Waals surface area contributed by atoms with Crippen LogP contribution in [0.5, 0.6) is 0 Å². The maximum atomic E-state index is 12.3. The third-order valence-corrected chi connectivity index (χ3v) is 6.94. The van der Waals surface area contributed by atoms with Crippen LogP contribution in [-0.4, -0.2) is 82.1 Å². The van der Waals surface area contributed by atoms with Crippen molar-refractivity contribution in [3.63, 3.8) is 0 Å². The van der Waals surface area contributed by atoms with E-state index in [1.165, 1.54) is 27.2 Å². The number of hydrogen-bond donors (Lipinski definition) is 1. The molecule has 0 radical (unpaired) electrons. The molecule has 0 fully saturated rings. The number of imide groups is 1. The summed E-state index contributed by atoms with van der Waals surface area (Å²) < 4.78 is 22.0. The first-order chi connectivity index (χ1) is 19.6. The smallest absolute Gasteiger partial charge is 0.407 e. The highest BCUT2D eigenvalue weighted by Gasteiger charge is 2.34. The molecule has 1 aliphatic carbocycles. The van der Waals surface area contributed by atoms with Crippen LogP contribution in [-0.2, 0) is 18.9 Å². The van der Waals surface area contributed by atoms with Crippen molar-refractivity contribution >= 4 is 17.9 Å². The number of carbonyl (C=O) groups excluding carboxylic acids is 3. The van der Waals surface area contributed by atoms with Crippen LogP contribution in [0.4, 0.5) is 4.79 Å². The summed E-state index contributed by atoms with van der Waals surface area (Å²) in [7, 11) is 0. The molecule has 3 aromatic carbocycles. The maximum Gasteiger partial charge on any atom is 0.407 e. The van der Waals surface area contributed by atoms with Crippen LogP contribution in [0.1, 0.15) is 37.8 Å². The quantitative estimate of drug-likeness (QED) is 0.243. The molecule has 0 saturated carbocycles. The summed E-state index contributed by atoms with van der Waals surface area (Å²) in [5.74, 6) is -0.547. The molecule has 40 heavy (non-hydrogen) atoms. The third-order valence-electron chi connectivity index (χ3n) is 6.94. The maximum absolute atomic E-state index is 12.3. The molecule has 0 atom stereocenters. The Morgan fingerprint density at radius 2 is 1.12 bits per heavy atom. The predicted octanol–water partition coefficient (Wildman–Crippen LogP) is 3.87. The van der Waals surface area contributed by atoms with Gasteiger partial charge in [-0.25, -0.2) is 4.79 Å². The van der Waals surface area contributed by atoms with Gasteiger partial charge in [0.05, 0.1) is 57.3 Å². The Bertz CT molecular complexity index is 1280. The van der Waals surface area contributed by atoms with Crippen molar-refractivity contribution < 1.29 is 33.3 Å². The van der Waals surface area contributed by atoms with Gasteiger partial charge in [-0.15, -0.1) is 0 Å². The number of nitrogens with one attached hydrogen (secondary N) is 1. The molecular weight excluding hydrogens is 512 g/mol. The van der Waals surface area contributed by atoms with Crippen molar-refractivity contribution in [3.8, 4) is 11.1 Å². The van der Waals surface area contributed by atoms with Crippen LogP contribution >= 0.6 is 0 Å². The first-order valence-corrected chi connectivity index (χ1v) is 13.4. The Morgan fingerprint density at radius 1 is 0.650 bits per heavy atom. The minimum Gasteiger partial charge on any atom is -0.449 e. The van der Waals surface area contributed by atoms with E-state index in [-0.39, 0.29) is 37.5 Å². The zero-order chi connectivity index (χ0) is 27.7. The zero-order valence-corrected chi connectivity index (χ0v) is 22.2. The molecule has 0 aromatic heterocycles. The van der Waals surface area contributed by atoms with E-state index in [2.05, 4.69) is 29.6 Å². The minimum atomic E-state index is -0.472. The lowest BCUT2D eigenvalue weighted by atomic mass is 9.98. The van der Waals surface area contributed by atoms with Crippen LogP contribution in [0.15, 0.2) is 72.8 Å². The van der Waals surface area contributed by atoms with Gasteiger partial charge in [-0.3, -0.25) is 14.5 Å². The summed E-state index contributed by atoms with van der Waals surface area (Å²) in [5.41, 5.74) is 5.60. The number of hydrogen-bond acceptors (Lipinski definition) is 7. The summed E-state index contributed by atoms with van der Waals surface area (Å²) in [6, 6.07) is 23.2. The van der Waals surface area contributed by atoms with Crippen molar-refractivity contribution in [1.82, 2.24) is 10.2 Å². The van der Waals surface area contributed by atoms with Gasteiger partial charge in [0.2, 0.25) is 0 Å². The van der Waals surface area contributed by atoms with E-state index in [9.17, 15) is 14.4 Å². The van der Waals surface area contributed by atoms with Crippen molar-refractivity contribution in [3.05, 3.63) is 95.1 Å².